The van der Waals surface area contributed by atoms with E-state index < -0.39 is 0 Å². The second kappa shape index (κ2) is 8.03. The summed E-state index contributed by atoms with van der Waals surface area (Å²) in [5.74, 6) is 1.11. The van der Waals surface area contributed by atoms with Crippen LogP contribution in [-0.4, -0.2) is 34.0 Å². The zero-order valence-electron chi connectivity index (χ0n) is 13.8. The fourth-order valence-corrected chi connectivity index (χ4v) is 3.00. The molecule has 3 rings (SSSR count). The molecule has 1 aromatic carbocycles. The van der Waals surface area contributed by atoms with Gasteiger partial charge in [0.05, 0.1) is 15.5 Å². The molecule has 0 aliphatic rings. The highest BCUT2D eigenvalue weighted by atomic mass is 79.9. The molecular weight excluding hydrogens is 439 g/mol. The van der Waals surface area contributed by atoms with Crippen LogP contribution in [-0.2, 0) is 4.57 Å². The molecule has 10 heteroatoms. The van der Waals surface area contributed by atoms with E-state index in [0.717, 1.165) is 11.1 Å². The number of hydrogen-bond donors (Lipinski definition) is 1. The average molecular weight is 452 g/mol. The molecule has 0 aliphatic carbocycles. The zero-order chi connectivity index (χ0) is 18.7. The van der Waals surface area contributed by atoms with Crippen LogP contribution in [0.4, 0.5) is 17.5 Å². The summed E-state index contributed by atoms with van der Waals surface area (Å²) in [6.07, 6.45) is 5.01. The number of rotatable bonds is 5. The standard InChI is InChI=1S/C16H13BrClN6OP/c1-24(2)16-20-6-10(7-21-16)9-3-4-12(13(5-9)26-25)22-14-11(17)8-19-15(18)23-14/h3-8H,1-2H3,(H,19,22,23). The third kappa shape index (κ3) is 4.15. The van der Waals surface area contributed by atoms with E-state index in [-0.39, 0.29) is 13.7 Å². The molecule has 0 radical (unpaired) electrons. The van der Waals surface area contributed by atoms with Crippen molar-refractivity contribution in [2.24, 2.45) is 0 Å². The van der Waals surface area contributed by atoms with Crippen LogP contribution in [0.25, 0.3) is 11.1 Å². The summed E-state index contributed by atoms with van der Waals surface area (Å²) in [6, 6.07) is 5.52. The normalized spacial score (nSPS) is 10.8. The van der Waals surface area contributed by atoms with Crippen molar-refractivity contribution in [1.29, 1.82) is 0 Å². The van der Waals surface area contributed by atoms with Gasteiger partial charge in [0.2, 0.25) is 11.2 Å². The minimum absolute atomic E-state index is 0.117. The van der Waals surface area contributed by atoms with Crippen molar-refractivity contribution in [1.82, 2.24) is 19.9 Å². The Kier molecular flexibility index (Phi) is 5.76. The van der Waals surface area contributed by atoms with Crippen molar-refractivity contribution in [2.45, 2.75) is 0 Å². The Balaban J connectivity index is 1.92. The van der Waals surface area contributed by atoms with Gasteiger partial charge in [0.15, 0.2) is 8.46 Å². The first-order valence-electron chi connectivity index (χ1n) is 7.40. The monoisotopic (exact) mass is 450 g/mol. The van der Waals surface area contributed by atoms with Crippen molar-refractivity contribution in [3.8, 4) is 11.1 Å². The molecule has 0 saturated carbocycles. The fourth-order valence-electron chi connectivity index (χ4n) is 2.15. The third-order valence-corrected chi connectivity index (χ3v) is 4.76. The van der Waals surface area contributed by atoms with E-state index in [1.807, 2.05) is 37.2 Å². The molecule has 26 heavy (non-hydrogen) atoms. The van der Waals surface area contributed by atoms with Gasteiger partial charge in [0.25, 0.3) is 0 Å². The van der Waals surface area contributed by atoms with E-state index in [2.05, 4.69) is 41.2 Å². The topological polar surface area (TPSA) is 83.9 Å². The number of halogens is 2. The first-order chi connectivity index (χ1) is 12.5. The lowest BCUT2D eigenvalue weighted by molar-refractivity contribution is 0.603. The van der Waals surface area contributed by atoms with E-state index in [1.165, 1.54) is 0 Å². The SMILES string of the molecule is CN(C)c1ncc(-c2ccc(Nc3nc(Cl)ncc3Br)c(P=O)c2)cn1. The predicted molar refractivity (Wildman–Crippen MR) is 107 cm³/mol. The smallest absolute Gasteiger partial charge is 0.224 e. The first-order valence-corrected chi connectivity index (χ1v) is 9.38. The molecule has 0 aliphatic heterocycles. The molecule has 0 spiro atoms. The van der Waals surface area contributed by atoms with Crippen LogP contribution in [0.2, 0.25) is 5.28 Å². The fraction of sp³-hybridized carbons (Fsp3) is 0.125. The predicted octanol–water partition coefficient (Wildman–Crippen LogP) is 4.08. The largest absolute Gasteiger partial charge is 0.347 e. The van der Waals surface area contributed by atoms with Gasteiger partial charge >= 0.3 is 0 Å². The van der Waals surface area contributed by atoms with Gasteiger partial charge in [-0.05, 0) is 45.2 Å². The highest BCUT2D eigenvalue weighted by molar-refractivity contribution is 9.10. The summed E-state index contributed by atoms with van der Waals surface area (Å²) >= 11 is 9.19. The van der Waals surface area contributed by atoms with Crippen LogP contribution < -0.4 is 15.5 Å². The molecule has 0 amide bonds. The van der Waals surface area contributed by atoms with Crippen LogP contribution >= 0.6 is 36.0 Å². The lowest BCUT2D eigenvalue weighted by Crippen LogP contribution is -2.12. The van der Waals surface area contributed by atoms with Crippen molar-refractivity contribution >= 4 is 58.7 Å². The van der Waals surface area contributed by atoms with E-state index in [9.17, 15) is 4.57 Å². The average Bonchev–Trinajstić information content (AvgIpc) is 2.65. The summed E-state index contributed by atoms with van der Waals surface area (Å²) in [6.45, 7) is 0. The number of anilines is 3. The van der Waals surface area contributed by atoms with Crippen LogP contribution in [0.1, 0.15) is 0 Å². The molecule has 7 nitrogen and oxygen atoms in total. The van der Waals surface area contributed by atoms with Gasteiger partial charge in [-0.3, -0.25) is 4.57 Å². The van der Waals surface area contributed by atoms with Crippen LogP contribution in [0.3, 0.4) is 0 Å². The van der Waals surface area contributed by atoms with Crippen molar-refractivity contribution in [2.75, 3.05) is 24.3 Å². The number of benzene rings is 1. The summed E-state index contributed by atoms with van der Waals surface area (Å²) in [5.41, 5.74) is 2.34. The van der Waals surface area contributed by atoms with E-state index >= 15 is 0 Å². The number of aromatic nitrogens is 4. The van der Waals surface area contributed by atoms with Gasteiger partial charge in [-0.25, -0.2) is 15.0 Å². The molecule has 3 aromatic rings. The number of nitrogens with zero attached hydrogens (tertiary/aromatic N) is 5. The Morgan fingerprint density at radius 3 is 2.50 bits per heavy atom. The quantitative estimate of drug-likeness (QED) is 0.462. The summed E-state index contributed by atoms with van der Waals surface area (Å²) < 4.78 is 12.3. The Labute approximate surface area is 165 Å². The number of nitrogens with one attached hydrogen (secondary N) is 1. The van der Waals surface area contributed by atoms with Gasteiger partial charge in [-0.1, -0.05) is 6.07 Å². The second-order valence-electron chi connectivity index (χ2n) is 5.45. The molecule has 1 N–H and O–H groups in total. The van der Waals surface area contributed by atoms with Crippen LogP contribution in [0.5, 0.6) is 0 Å². The Hall–Kier alpha value is -2.15. The first kappa shape index (κ1) is 18.6. The second-order valence-corrected chi connectivity index (χ2v) is 7.31. The maximum Gasteiger partial charge on any atom is 0.224 e. The molecule has 0 atom stereocenters. The molecule has 132 valence electrons. The minimum Gasteiger partial charge on any atom is -0.347 e. The molecule has 0 saturated heterocycles. The highest BCUT2D eigenvalue weighted by Gasteiger charge is 2.11. The summed E-state index contributed by atoms with van der Waals surface area (Å²) in [4.78, 5) is 18.4. The van der Waals surface area contributed by atoms with Crippen molar-refractivity contribution in [3.05, 3.63) is 46.5 Å². The molecule has 0 bridgehead atoms. The van der Waals surface area contributed by atoms with E-state index in [4.69, 9.17) is 11.6 Å². The van der Waals surface area contributed by atoms with E-state index in [0.29, 0.717) is 27.2 Å². The molecular formula is C16H13BrClN6OP. The number of hydrogen-bond acceptors (Lipinski definition) is 7. The maximum atomic E-state index is 11.6. The van der Waals surface area contributed by atoms with Crippen molar-refractivity contribution in [3.63, 3.8) is 0 Å². The molecule has 2 aromatic heterocycles. The van der Waals surface area contributed by atoms with Gasteiger partial charge in [-0.2, -0.15) is 4.98 Å². The summed E-state index contributed by atoms with van der Waals surface area (Å²) in [5, 5.41) is 3.80. The highest BCUT2D eigenvalue weighted by Crippen LogP contribution is 2.27. The zero-order valence-corrected chi connectivity index (χ0v) is 17.0. The molecule has 0 unspecified atom stereocenters. The Bertz CT molecular complexity index is 954. The van der Waals surface area contributed by atoms with Crippen LogP contribution in [0.15, 0.2) is 41.3 Å². The maximum absolute atomic E-state index is 11.6. The lowest BCUT2D eigenvalue weighted by Gasteiger charge is -2.12. The Morgan fingerprint density at radius 2 is 1.85 bits per heavy atom. The Morgan fingerprint density at radius 1 is 1.12 bits per heavy atom. The van der Waals surface area contributed by atoms with Gasteiger partial charge in [-0.15, -0.1) is 0 Å². The van der Waals surface area contributed by atoms with Crippen molar-refractivity contribution < 1.29 is 4.57 Å². The van der Waals surface area contributed by atoms with Gasteiger partial charge < -0.3 is 10.2 Å². The third-order valence-electron chi connectivity index (χ3n) is 3.44. The minimum atomic E-state index is -0.128. The summed E-state index contributed by atoms with van der Waals surface area (Å²) in [7, 11) is 3.63. The lowest BCUT2D eigenvalue weighted by atomic mass is 10.1. The van der Waals surface area contributed by atoms with Gasteiger partial charge in [0, 0.05) is 38.2 Å². The molecule has 0 fully saturated rings. The van der Waals surface area contributed by atoms with E-state index in [1.54, 1.807) is 18.6 Å². The van der Waals surface area contributed by atoms with Crippen LogP contribution in [0, 0.1) is 0 Å². The van der Waals surface area contributed by atoms with Gasteiger partial charge in [0.1, 0.15) is 5.82 Å². The molecule has 2 heterocycles.